The number of hydrogen-bond acceptors (Lipinski definition) is 4. The summed E-state index contributed by atoms with van der Waals surface area (Å²) in [6.45, 7) is 2.11. The molecule has 0 heterocycles. The standard InChI is InChI=1S/C12H18N2O3/c1-2-3-4-5-10(13)9-6-7-12(15)11(8-9)14(16)17/h6-8,10,15H,2-5,13H2,1H3/t10-/m0/s1. The Labute approximate surface area is 100 Å². The maximum atomic E-state index is 10.7. The molecule has 0 amide bonds. The van der Waals surface area contributed by atoms with Crippen LogP contribution in [0.5, 0.6) is 5.75 Å². The van der Waals surface area contributed by atoms with E-state index in [0.717, 1.165) is 25.7 Å². The molecule has 0 bridgehead atoms. The fraction of sp³-hybridized carbons (Fsp3) is 0.500. The first-order valence-electron chi connectivity index (χ1n) is 5.79. The monoisotopic (exact) mass is 238 g/mol. The van der Waals surface area contributed by atoms with Crippen LogP contribution in [-0.4, -0.2) is 10.0 Å². The molecule has 0 saturated heterocycles. The van der Waals surface area contributed by atoms with E-state index in [1.807, 2.05) is 0 Å². The second-order valence-corrected chi connectivity index (χ2v) is 4.11. The van der Waals surface area contributed by atoms with Gasteiger partial charge < -0.3 is 10.8 Å². The third-order valence-corrected chi connectivity index (χ3v) is 2.74. The molecule has 0 fully saturated rings. The molecule has 94 valence electrons. The van der Waals surface area contributed by atoms with Crippen molar-refractivity contribution in [3.05, 3.63) is 33.9 Å². The molecule has 3 N–H and O–H groups in total. The second-order valence-electron chi connectivity index (χ2n) is 4.11. The average molecular weight is 238 g/mol. The van der Waals surface area contributed by atoms with Crippen LogP contribution in [0.4, 0.5) is 5.69 Å². The van der Waals surface area contributed by atoms with Crippen LogP contribution < -0.4 is 5.73 Å². The second kappa shape index (κ2) is 6.20. The zero-order chi connectivity index (χ0) is 12.8. The highest BCUT2D eigenvalue weighted by Gasteiger charge is 2.16. The molecule has 5 heteroatoms. The number of aromatic hydroxyl groups is 1. The average Bonchev–Trinajstić information content (AvgIpc) is 2.29. The third kappa shape index (κ3) is 3.71. The van der Waals surface area contributed by atoms with E-state index >= 15 is 0 Å². The number of nitro groups is 1. The van der Waals surface area contributed by atoms with Gasteiger partial charge in [0.1, 0.15) is 0 Å². The third-order valence-electron chi connectivity index (χ3n) is 2.74. The molecule has 0 saturated carbocycles. The van der Waals surface area contributed by atoms with Crippen molar-refractivity contribution < 1.29 is 10.0 Å². The Morgan fingerprint density at radius 3 is 2.76 bits per heavy atom. The van der Waals surface area contributed by atoms with Crippen molar-refractivity contribution >= 4 is 5.69 Å². The van der Waals surface area contributed by atoms with E-state index in [-0.39, 0.29) is 17.5 Å². The molecule has 0 spiro atoms. The van der Waals surface area contributed by atoms with Gasteiger partial charge in [-0.1, -0.05) is 32.3 Å². The Morgan fingerprint density at radius 2 is 2.18 bits per heavy atom. The maximum absolute atomic E-state index is 10.7. The minimum atomic E-state index is -0.600. The molecule has 0 radical (unpaired) electrons. The molecular weight excluding hydrogens is 220 g/mol. The molecule has 1 aromatic rings. The predicted octanol–water partition coefficient (Wildman–Crippen LogP) is 2.88. The SMILES string of the molecule is CCCCC[C@H](N)c1ccc(O)c([N+](=O)[O-])c1. The molecule has 1 aromatic carbocycles. The van der Waals surface area contributed by atoms with Gasteiger partial charge in [-0.2, -0.15) is 0 Å². The van der Waals surface area contributed by atoms with Gasteiger partial charge in [-0.05, 0) is 18.1 Å². The van der Waals surface area contributed by atoms with Gasteiger partial charge in [-0.3, -0.25) is 10.1 Å². The van der Waals surface area contributed by atoms with E-state index in [0.29, 0.717) is 5.56 Å². The number of unbranched alkanes of at least 4 members (excludes halogenated alkanes) is 2. The summed E-state index contributed by atoms with van der Waals surface area (Å²) >= 11 is 0. The smallest absolute Gasteiger partial charge is 0.311 e. The predicted molar refractivity (Wildman–Crippen MR) is 65.8 cm³/mol. The van der Waals surface area contributed by atoms with E-state index in [2.05, 4.69) is 6.92 Å². The fourth-order valence-electron chi connectivity index (χ4n) is 1.70. The van der Waals surface area contributed by atoms with Crippen LogP contribution in [0.3, 0.4) is 0 Å². The number of phenolic OH excluding ortho intramolecular Hbond substituents is 1. The topological polar surface area (TPSA) is 89.4 Å². The Bertz CT molecular complexity index is 393. The van der Waals surface area contributed by atoms with Crippen molar-refractivity contribution in [2.45, 2.75) is 38.6 Å². The van der Waals surface area contributed by atoms with E-state index in [4.69, 9.17) is 5.73 Å². The molecule has 17 heavy (non-hydrogen) atoms. The summed E-state index contributed by atoms with van der Waals surface area (Å²) in [4.78, 5) is 10.1. The summed E-state index contributed by atoms with van der Waals surface area (Å²) < 4.78 is 0. The van der Waals surface area contributed by atoms with E-state index in [1.54, 1.807) is 6.07 Å². The highest BCUT2D eigenvalue weighted by molar-refractivity contribution is 5.48. The summed E-state index contributed by atoms with van der Waals surface area (Å²) in [7, 11) is 0. The van der Waals surface area contributed by atoms with Gasteiger partial charge in [0.2, 0.25) is 0 Å². The van der Waals surface area contributed by atoms with Crippen molar-refractivity contribution in [1.82, 2.24) is 0 Å². The van der Waals surface area contributed by atoms with Gasteiger partial charge in [-0.25, -0.2) is 0 Å². The first-order valence-corrected chi connectivity index (χ1v) is 5.79. The number of hydrogen-bond donors (Lipinski definition) is 2. The Morgan fingerprint density at radius 1 is 1.47 bits per heavy atom. The lowest BCUT2D eigenvalue weighted by molar-refractivity contribution is -0.385. The molecule has 1 rings (SSSR count). The van der Waals surface area contributed by atoms with Crippen molar-refractivity contribution in [3.8, 4) is 5.75 Å². The Hall–Kier alpha value is -1.62. The Balaban J connectivity index is 2.77. The molecular formula is C12H18N2O3. The van der Waals surface area contributed by atoms with Crippen LogP contribution in [0, 0.1) is 10.1 Å². The highest BCUT2D eigenvalue weighted by atomic mass is 16.6. The minimum absolute atomic E-state index is 0.208. The van der Waals surface area contributed by atoms with Gasteiger partial charge >= 0.3 is 5.69 Å². The lowest BCUT2D eigenvalue weighted by atomic mass is 10.0. The number of benzene rings is 1. The number of nitrogens with two attached hydrogens (primary N) is 1. The molecule has 5 nitrogen and oxygen atoms in total. The maximum Gasteiger partial charge on any atom is 0.311 e. The molecule has 0 unspecified atom stereocenters. The van der Waals surface area contributed by atoms with Crippen LogP contribution in [0.25, 0.3) is 0 Å². The fourth-order valence-corrected chi connectivity index (χ4v) is 1.70. The molecule has 1 atom stereocenters. The lowest BCUT2D eigenvalue weighted by Crippen LogP contribution is -2.10. The van der Waals surface area contributed by atoms with Crippen LogP contribution in [-0.2, 0) is 0 Å². The number of nitrogens with zero attached hydrogens (tertiary/aromatic N) is 1. The first-order chi connectivity index (χ1) is 8.06. The first kappa shape index (κ1) is 13.4. The van der Waals surface area contributed by atoms with Crippen molar-refractivity contribution in [2.24, 2.45) is 5.73 Å². The zero-order valence-corrected chi connectivity index (χ0v) is 9.93. The summed E-state index contributed by atoms with van der Waals surface area (Å²) in [5.41, 5.74) is 6.37. The van der Waals surface area contributed by atoms with Gasteiger partial charge in [0.15, 0.2) is 5.75 Å². The number of nitro benzene ring substituents is 1. The minimum Gasteiger partial charge on any atom is -0.502 e. The van der Waals surface area contributed by atoms with Crippen LogP contribution in [0.2, 0.25) is 0 Å². The van der Waals surface area contributed by atoms with E-state index in [9.17, 15) is 15.2 Å². The Kier molecular flexibility index (Phi) is 4.90. The van der Waals surface area contributed by atoms with E-state index < -0.39 is 4.92 Å². The van der Waals surface area contributed by atoms with Gasteiger partial charge in [-0.15, -0.1) is 0 Å². The van der Waals surface area contributed by atoms with Crippen LogP contribution in [0.1, 0.15) is 44.2 Å². The lowest BCUT2D eigenvalue weighted by Gasteiger charge is -2.11. The van der Waals surface area contributed by atoms with Crippen molar-refractivity contribution in [3.63, 3.8) is 0 Å². The van der Waals surface area contributed by atoms with Gasteiger partial charge in [0.05, 0.1) is 4.92 Å². The highest BCUT2D eigenvalue weighted by Crippen LogP contribution is 2.29. The van der Waals surface area contributed by atoms with Crippen LogP contribution in [0.15, 0.2) is 18.2 Å². The summed E-state index contributed by atoms with van der Waals surface area (Å²) in [5.74, 6) is -0.320. The molecule has 0 aliphatic rings. The quantitative estimate of drug-likeness (QED) is 0.453. The van der Waals surface area contributed by atoms with Gasteiger partial charge in [0, 0.05) is 12.1 Å². The zero-order valence-electron chi connectivity index (χ0n) is 9.93. The summed E-state index contributed by atoms with van der Waals surface area (Å²) in [6, 6.07) is 4.11. The largest absolute Gasteiger partial charge is 0.502 e. The molecule has 0 aliphatic carbocycles. The van der Waals surface area contributed by atoms with Crippen molar-refractivity contribution in [2.75, 3.05) is 0 Å². The summed E-state index contributed by atoms with van der Waals surface area (Å²) in [5, 5.41) is 20.0. The number of phenols is 1. The van der Waals surface area contributed by atoms with Gasteiger partial charge in [0.25, 0.3) is 0 Å². The summed E-state index contributed by atoms with van der Waals surface area (Å²) in [6.07, 6.45) is 4.03. The normalized spacial score (nSPS) is 12.4. The molecule has 0 aromatic heterocycles. The molecule has 0 aliphatic heterocycles. The van der Waals surface area contributed by atoms with E-state index in [1.165, 1.54) is 12.1 Å². The number of rotatable bonds is 6. The van der Waals surface area contributed by atoms with Crippen molar-refractivity contribution in [1.29, 1.82) is 0 Å². The van der Waals surface area contributed by atoms with Crippen LogP contribution >= 0.6 is 0 Å².